The van der Waals surface area contributed by atoms with Crippen LogP contribution in [0.15, 0.2) is 17.2 Å². The van der Waals surface area contributed by atoms with E-state index in [4.69, 9.17) is 0 Å². The number of aromatic nitrogens is 2. The van der Waals surface area contributed by atoms with Crippen LogP contribution >= 0.6 is 15.9 Å². The summed E-state index contributed by atoms with van der Waals surface area (Å²) in [4.78, 5) is 11.4. The lowest BCUT2D eigenvalue weighted by Crippen LogP contribution is -2.25. The van der Waals surface area contributed by atoms with E-state index in [1.807, 2.05) is 6.20 Å². The van der Waals surface area contributed by atoms with E-state index in [1.165, 1.54) is 0 Å². The van der Waals surface area contributed by atoms with Gasteiger partial charge in [-0.15, -0.1) is 0 Å². The molecule has 0 saturated carbocycles. The molecule has 0 fully saturated rings. The quantitative estimate of drug-likeness (QED) is 0.742. The van der Waals surface area contributed by atoms with Gasteiger partial charge in [0.2, 0.25) is 0 Å². The zero-order chi connectivity index (χ0) is 9.84. The Balaban J connectivity index is 2.73. The van der Waals surface area contributed by atoms with Crippen LogP contribution in [0.2, 0.25) is 0 Å². The number of hydrogen-bond acceptors (Lipinski definition) is 1. The molecule has 13 heavy (non-hydrogen) atoms. The van der Waals surface area contributed by atoms with Gasteiger partial charge in [-0.2, -0.15) is 0 Å². The molecule has 0 aliphatic rings. The zero-order valence-electron chi connectivity index (χ0n) is 8.03. The smallest absolute Gasteiger partial charge is 0.302 e. The van der Waals surface area contributed by atoms with Crippen molar-refractivity contribution >= 4 is 15.9 Å². The molecule has 0 radical (unpaired) electrons. The molecule has 0 aromatic carbocycles. The van der Waals surface area contributed by atoms with Gasteiger partial charge < -0.3 is 4.57 Å². The summed E-state index contributed by atoms with van der Waals surface area (Å²) in [6.45, 7) is 2.95. The average molecular weight is 247 g/mol. The number of imidazole rings is 1. The Morgan fingerprint density at radius 3 is 2.62 bits per heavy atom. The molecular weight excluding hydrogens is 232 g/mol. The maximum absolute atomic E-state index is 11.4. The highest BCUT2D eigenvalue weighted by Crippen LogP contribution is 2.08. The molecular formula is C9H15BrN2O. The molecule has 3 nitrogen and oxygen atoms in total. The standard InChI is InChI=1S/C9H15BrN2O/c1-3-8(6-10)7-12-5-4-11(2)9(12)13/h4-5,8H,3,6-7H2,1-2H3. The summed E-state index contributed by atoms with van der Waals surface area (Å²) in [5.41, 5.74) is 0.0689. The van der Waals surface area contributed by atoms with Crippen molar-refractivity contribution in [2.45, 2.75) is 19.9 Å². The van der Waals surface area contributed by atoms with Crippen LogP contribution in [0.5, 0.6) is 0 Å². The molecule has 1 aromatic rings. The number of hydrogen-bond donors (Lipinski definition) is 0. The van der Waals surface area contributed by atoms with Gasteiger partial charge in [-0.05, 0) is 5.92 Å². The lowest BCUT2D eigenvalue weighted by Gasteiger charge is -2.10. The lowest BCUT2D eigenvalue weighted by atomic mass is 10.1. The Kier molecular flexibility index (Phi) is 3.78. The zero-order valence-corrected chi connectivity index (χ0v) is 9.62. The van der Waals surface area contributed by atoms with Crippen LogP contribution < -0.4 is 5.69 Å². The number of rotatable bonds is 4. The van der Waals surface area contributed by atoms with Crippen LogP contribution in [-0.2, 0) is 13.6 Å². The number of nitrogens with zero attached hydrogens (tertiary/aromatic N) is 2. The summed E-state index contributed by atoms with van der Waals surface area (Å²) in [5.74, 6) is 0.542. The Bertz CT molecular complexity index is 312. The minimum absolute atomic E-state index is 0.0689. The summed E-state index contributed by atoms with van der Waals surface area (Å²) < 4.78 is 3.36. The van der Waals surface area contributed by atoms with Crippen LogP contribution in [0.25, 0.3) is 0 Å². The van der Waals surface area contributed by atoms with Crippen LogP contribution in [0.1, 0.15) is 13.3 Å². The third-order valence-electron chi connectivity index (χ3n) is 2.27. The first-order valence-corrected chi connectivity index (χ1v) is 5.59. The maximum Gasteiger partial charge on any atom is 0.327 e. The fourth-order valence-corrected chi connectivity index (χ4v) is 1.88. The minimum atomic E-state index is 0.0689. The van der Waals surface area contributed by atoms with Gasteiger partial charge in [0.1, 0.15) is 0 Å². The molecule has 1 heterocycles. The topological polar surface area (TPSA) is 26.9 Å². The van der Waals surface area contributed by atoms with Crippen molar-refractivity contribution in [1.29, 1.82) is 0 Å². The Labute approximate surface area is 86.5 Å². The van der Waals surface area contributed by atoms with Gasteiger partial charge in [0.15, 0.2) is 0 Å². The molecule has 0 aliphatic heterocycles. The largest absolute Gasteiger partial charge is 0.327 e. The van der Waals surface area contributed by atoms with Crippen LogP contribution in [0, 0.1) is 5.92 Å². The van der Waals surface area contributed by atoms with Crippen molar-refractivity contribution < 1.29 is 0 Å². The first-order chi connectivity index (χ1) is 6.19. The van der Waals surface area contributed by atoms with Crippen molar-refractivity contribution in [3.05, 3.63) is 22.9 Å². The highest BCUT2D eigenvalue weighted by molar-refractivity contribution is 9.09. The second-order valence-electron chi connectivity index (χ2n) is 3.27. The third kappa shape index (κ3) is 2.46. The van der Waals surface area contributed by atoms with Gasteiger partial charge in [-0.1, -0.05) is 29.3 Å². The highest BCUT2D eigenvalue weighted by atomic mass is 79.9. The maximum atomic E-state index is 11.4. The molecule has 0 amide bonds. The Hall–Kier alpha value is -0.510. The van der Waals surface area contributed by atoms with Crippen LogP contribution in [0.3, 0.4) is 0 Å². The van der Waals surface area contributed by atoms with Crippen molar-refractivity contribution in [2.24, 2.45) is 13.0 Å². The molecule has 0 saturated heterocycles. The van der Waals surface area contributed by atoms with E-state index in [9.17, 15) is 4.79 Å². The van der Waals surface area contributed by atoms with E-state index in [0.717, 1.165) is 18.3 Å². The summed E-state index contributed by atoms with van der Waals surface area (Å²) >= 11 is 3.44. The first kappa shape index (κ1) is 10.6. The van der Waals surface area contributed by atoms with Crippen LogP contribution in [0.4, 0.5) is 0 Å². The second-order valence-corrected chi connectivity index (χ2v) is 3.92. The van der Waals surface area contributed by atoms with E-state index in [0.29, 0.717) is 5.92 Å². The van der Waals surface area contributed by atoms with E-state index in [2.05, 4.69) is 22.9 Å². The van der Waals surface area contributed by atoms with Crippen molar-refractivity contribution in [3.8, 4) is 0 Å². The van der Waals surface area contributed by atoms with Crippen molar-refractivity contribution in [3.63, 3.8) is 0 Å². The second kappa shape index (κ2) is 4.65. The molecule has 4 heteroatoms. The van der Waals surface area contributed by atoms with Gasteiger partial charge in [-0.25, -0.2) is 4.79 Å². The summed E-state index contributed by atoms with van der Waals surface area (Å²) in [5, 5.41) is 0.949. The molecule has 0 bridgehead atoms. The number of aryl methyl sites for hydroxylation is 1. The minimum Gasteiger partial charge on any atom is -0.302 e. The normalized spacial score (nSPS) is 13.2. The third-order valence-corrected chi connectivity index (χ3v) is 3.18. The van der Waals surface area contributed by atoms with Gasteiger partial charge in [0.05, 0.1) is 0 Å². The van der Waals surface area contributed by atoms with E-state index < -0.39 is 0 Å². The molecule has 0 spiro atoms. The fraction of sp³-hybridized carbons (Fsp3) is 0.667. The molecule has 1 aromatic heterocycles. The fourth-order valence-electron chi connectivity index (χ4n) is 1.21. The molecule has 74 valence electrons. The van der Waals surface area contributed by atoms with E-state index >= 15 is 0 Å². The molecule has 0 N–H and O–H groups in total. The molecule has 1 atom stereocenters. The summed E-state index contributed by atoms with van der Waals surface area (Å²) in [6.07, 6.45) is 4.73. The van der Waals surface area contributed by atoms with Gasteiger partial charge in [-0.3, -0.25) is 4.57 Å². The summed E-state index contributed by atoms with van der Waals surface area (Å²) in [6, 6.07) is 0. The monoisotopic (exact) mass is 246 g/mol. The lowest BCUT2D eigenvalue weighted by molar-refractivity contribution is 0.466. The van der Waals surface area contributed by atoms with Gasteiger partial charge >= 0.3 is 5.69 Å². The average Bonchev–Trinajstić information content (AvgIpc) is 2.45. The van der Waals surface area contributed by atoms with Crippen molar-refractivity contribution in [2.75, 3.05) is 5.33 Å². The summed E-state index contributed by atoms with van der Waals surface area (Å²) in [7, 11) is 1.77. The molecule has 1 unspecified atom stereocenters. The Morgan fingerprint density at radius 1 is 1.54 bits per heavy atom. The number of halogens is 1. The predicted molar refractivity (Wildman–Crippen MR) is 57.2 cm³/mol. The molecule has 0 aliphatic carbocycles. The van der Waals surface area contributed by atoms with E-state index in [1.54, 1.807) is 22.4 Å². The predicted octanol–water partition coefficient (Wildman–Crippen LogP) is 1.61. The van der Waals surface area contributed by atoms with Crippen molar-refractivity contribution in [1.82, 2.24) is 9.13 Å². The highest BCUT2D eigenvalue weighted by Gasteiger charge is 2.07. The van der Waals surface area contributed by atoms with Crippen LogP contribution in [-0.4, -0.2) is 14.5 Å². The molecule has 1 rings (SSSR count). The van der Waals surface area contributed by atoms with E-state index in [-0.39, 0.29) is 5.69 Å². The Morgan fingerprint density at radius 2 is 2.23 bits per heavy atom. The SMILES string of the molecule is CCC(CBr)Cn1ccn(C)c1=O. The number of alkyl halides is 1. The van der Waals surface area contributed by atoms with Gasteiger partial charge in [0, 0.05) is 31.3 Å². The van der Waals surface area contributed by atoms with Gasteiger partial charge in [0.25, 0.3) is 0 Å². The first-order valence-electron chi connectivity index (χ1n) is 4.46.